The Labute approximate surface area is 253 Å². The highest BCUT2D eigenvalue weighted by atomic mass is 16.6. The number of imide groups is 1. The zero-order valence-corrected chi connectivity index (χ0v) is 26.3. The van der Waals surface area contributed by atoms with Gasteiger partial charge in [0.25, 0.3) is 11.8 Å². The van der Waals surface area contributed by atoms with E-state index in [9.17, 15) is 24.0 Å². The average molecular weight is 603 g/mol. The molecule has 0 aliphatic carbocycles. The van der Waals surface area contributed by atoms with Crippen molar-refractivity contribution in [3.63, 3.8) is 0 Å². The number of fused-ring (bicyclic) bond motifs is 1. The summed E-state index contributed by atoms with van der Waals surface area (Å²) in [6.07, 6.45) is 2.00. The maximum Gasteiger partial charge on any atom is 0.410 e. The average Bonchev–Trinajstić information content (AvgIpc) is 3.15. The van der Waals surface area contributed by atoms with Gasteiger partial charge in [0, 0.05) is 32.6 Å². The Morgan fingerprint density at radius 1 is 0.884 bits per heavy atom. The molecule has 2 N–H and O–H groups in total. The fourth-order valence-corrected chi connectivity index (χ4v) is 5.00. The molecule has 4 amide bonds. The zero-order chi connectivity index (χ0) is 31.9. The van der Waals surface area contributed by atoms with E-state index in [1.54, 1.807) is 37.8 Å². The number of carbonyl (C=O) groups is 5. The van der Waals surface area contributed by atoms with Gasteiger partial charge in [-0.15, -0.1) is 0 Å². The van der Waals surface area contributed by atoms with Crippen LogP contribution in [0, 0.1) is 0 Å². The van der Waals surface area contributed by atoms with Gasteiger partial charge in [0.2, 0.25) is 5.91 Å². The Bertz CT molecular complexity index is 1200. The molecule has 43 heavy (non-hydrogen) atoms. The van der Waals surface area contributed by atoms with E-state index in [1.165, 1.54) is 6.07 Å². The van der Waals surface area contributed by atoms with Crippen LogP contribution in [0.3, 0.4) is 0 Å². The molecule has 12 nitrogen and oxygen atoms in total. The number of primary amides is 1. The largest absolute Gasteiger partial charge is 0.493 e. The molecule has 238 valence electrons. The van der Waals surface area contributed by atoms with E-state index in [2.05, 4.69) is 4.90 Å². The predicted molar refractivity (Wildman–Crippen MR) is 159 cm³/mol. The van der Waals surface area contributed by atoms with E-state index in [0.29, 0.717) is 19.7 Å². The quantitative estimate of drug-likeness (QED) is 0.216. The van der Waals surface area contributed by atoms with Crippen LogP contribution < -0.4 is 10.5 Å². The summed E-state index contributed by atoms with van der Waals surface area (Å²) in [5.74, 6) is -2.49. The SMILES string of the molecule is CC(C)(C)OC(=O)CC[C@@H](C(N)=O)N1C(=O)c2cccc(OCCCCCN3CCN(C(=O)OC(C)(C)C)CC3)c2C1=O. The van der Waals surface area contributed by atoms with Gasteiger partial charge in [-0.1, -0.05) is 6.07 Å². The second-order valence-corrected chi connectivity index (χ2v) is 12.9. The number of amides is 4. The highest BCUT2D eigenvalue weighted by molar-refractivity contribution is 6.24. The molecule has 2 aliphatic heterocycles. The first kappa shape index (κ1) is 33.8. The van der Waals surface area contributed by atoms with Crippen LogP contribution in [0.1, 0.15) is 94.4 Å². The molecule has 2 aliphatic rings. The lowest BCUT2D eigenvalue weighted by molar-refractivity contribution is -0.155. The molecule has 1 atom stereocenters. The fraction of sp³-hybridized carbons (Fsp3) is 0.645. The van der Waals surface area contributed by atoms with Crippen LogP contribution in [-0.2, 0) is 19.1 Å². The molecular formula is C31H46N4O8. The van der Waals surface area contributed by atoms with Gasteiger partial charge >= 0.3 is 12.1 Å². The molecule has 3 rings (SSSR count). The summed E-state index contributed by atoms with van der Waals surface area (Å²) in [4.78, 5) is 68.1. The van der Waals surface area contributed by atoms with Crippen LogP contribution >= 0.6 is 0 Å². The summed E-state index contributed by atoms with van der Waals surface area (Å²) >= 11 is 0. The fourth-order valence-electron chi connectivity index (χ4n) is 5.00. The number of esters is 1. The number of unbranched alkanes of at least 4 members (excludes halogenated alkanes) is 2. The first-order chi connectivity index (χ1) is 20.1. The number of hydrogen-bond acceptors (Lipinski definition) is 9. The van der Waals surface area contributed by atoms with Crippen molar-refractivity contribution in [2.45, 2.75) is 90.9 Å². The van der Waals surface area contributed by atoms with Crippen molar-refractivity contribution in [3.8, 4) is 5.75 Å². The number of nitrogens with zero attached hydrogens (tertiary/aromatic N) is 3. The Morgan fingerprint density at radius 3 is 2.14 bits per heavy atom. The van der Waals surface area contributed by atoms with Crippen LogP contribution in [-0.4, -0.2) is 101 Å². The molecule has 0 aromatic heterocycles. The molecule has 0 spiro atoms. The molecule has 0 saturated carbocycles. The predicted octanol–water partition coefficient (Wildman–Crippen LogP) is 3.36. The van der Waals surface area contributed by atoms with Crippen molar-refractivity contribution in [2.75, 3.05) is 39.3 Å². The van der Waals surface area contributed by atoms with Crippen molar-refractivity contribution < 1.29 is 38.2 Å². The highest BCUT2D eigenvalue weighted by Crippen LogP contribution is 2.33. The first-order valence-corrected chi connectivity index (χ1v) is 14.9. The minimum atomic E-state index is -1.29. The molecule has 1 fully saturated rings. The van der Waals surface area contributed by atoms with Gasteiger partial charge in [-0.2, -0.15) is 0 Å². The van der Waals surface area contributed by atoms with E-state index >= 15 is 0 Å². The Hall–Kier alpha value is -3.67. The minimum absolute atomic E-state index is 0.0962. The van der Waals surface area contributed by atoms with Crippen molar-refractivity contribution in [1.29, 1.82) is 0 Å². The van der Waals surface area contributed by atoms with E-state index in [0.717, 1.165) is 43.8 Å². The molecule has 0 bridgehead atoms. The molecule has 0 unspecified atom stereocenters. The van der Waals surface area contributed by atoms with Crippen molar-refractivity contribution in [1.82, 2.24) is 14.7 Å². The van der Waals surface area contributed by atoms with E-state index < -0.39 is 40.9 Å². The maximum absolute atomic E-state index is 13.4. The van der Waals surface area contributed by atoms with Crippen LogP contribution in [0.25, 0.3) is 0 Å². The lowest BCUT2D eigenvalue weighted by Crippen LogP contribution is -2.50. The summed E-state index contributed by atoms with van der Waals surface area (Å²) in [6.45, 7) is 14.9. The number of benzene rings is 1. The molecular weight excluding hydrogens is 556 g/mol. The van der Waals surface area contributed by atoms with E-state index in [-0.39, 0.29) is 35.8 Å². The molecule has 1 aromatic carbocycles. The number of hydrogen-bond donors (Lipinski definition) is 1. The minimum Gasteiger partial charge on any atom is -0.493 e. The zero-order valence-electron chi connectivity index (χ0n) is 26.3. The normalized spacial score (nSPS) is 16.6. The molecule has 0 radical (unpaired) electrons. The van der Waals surface area contributed by atoms with E-state index in [1.807, 2.05) is 20.8 Å². The third kappa shape index (κ3) is 9.67. The van der Waals surface area contributed by atoms with Crippen LogP contribution in [0.2, 0.25) is 0 Å². The molecule has 1 aromatic rings. The topological polar surface area (TPSA) is 149 Å². The summed E-state index contributed by atoms with van der Waals surface area (Å²) in [6, 6.07) is 3.47. The van der Waals surface area contributed by atoms with Crippen LogP contribution in [0.5, 0.6) is 5.75 Å². The standard InChI is InChI=1S/C31H46N4O8/c1-30(2,3)42-24(36)14-13-22(26(32)37)35-27(38)21-11-10-12-23(25(21)28(35)39)41-20-9-7-8-15-33-16-18-34(19-17-33)29(40)43-31(4,5)6/h10-12,22H,7-9,13-20H2,1-6H3,(H2,32,37)/t22-/m0/s1. The molecule has 12 heteroatoms. The highest BCUT2D eigenvalue weighted by Gasteiger charge is 2.44. The summed E-state index contributed by atoms with van der Waals surface area (Å²) < 4.78 is 16.6. The number of ether oxygens (including phenoxy) is 3. The van der Waals surface area contributed by atoms with Crippen molar-refractivity contribution in [3.05, 3.63) is 29.3 Å². The maximum atomic E-state index is 13.4. The molecule has 1 saturated heterocycles. The lowest BCUT2D eigenvalue weighted by Gasteiger charge is -2.35. The second kappa shape index (κ2) is 14.2. The number of nitrogens with two attached hydrogens (primary N) is 1. The van der Waals surface area contributed by atoms with Gasteiger partial charge in [0.05, 0.1) is 17.7 Å². The third-order valence-electron chi connectivity index (χ3n) is 6.99. The third-order valence-corrected chi connectivity index (χ3v) is 6.99. The first-order valence-electron chi connectivity index (χ1n) is 14.9. The Balaban J connectivity index is 1.47. The lowest BCUT2D eigenvalue weighted by atomic mass is 10.1. The number of carbonyl (C=O) groups excluding carboxylic acids is 5. The van der Waals surface area contributed by atoms with Gasteiger partial charge in [0.15, 0.2) is 0 Å². The van der Waals surface area contributed by atoms with Crippen LogP contribution in [0.4, 0.5) is 4.79 Å². The van der Waals surface area contributed by atoms with Gasteiger partial charge in [-0.05, 0) is 85.9 Å². The Morgan fingerprint density at radius 2 is 1.53 bits per heavy atom. The number of rotatable bonds is 12. The van der Waals surface area contributed by atoms with Gasteiger partial charge in [-0.3, -0.25) is 29.0 Å². The summed E-state index contributed by atoms with van der Waals surface area (Å²) in [7, 11) is 0. The van der Waals surface area contributed by atoms with Crippen molar-refractivity contribution in [2.24, 2.45) is 5.73 Å². The van der Waals surface area contributed by atoms with E-state index in [4.69, 9.17) is 19.9 Å². The Kier molecular flexibility index (Phi) is 11.2. The molecule has 2 heterocycles. The summed E-state index contributed by atoms with van der Waals surface area (Å²) in [5.41, 5.74) is 4.57. The van der Waals surface area contributed by atoms with Crippen LogP contribution in [0.15, 0.2) is 18.2 Å². The monoisotopic (exact) mass is 602 g/mol. The van der Waals surface area contributed by atoms with Crippen molar-refractivity contribution >= 4 is 29.8 Å². The summed E-state index contributed by atoms with van der Waals surface area (Å²) in [5, 5.41) is 0. The number of piperazine rings is 1. The van der Waals surface area contributed by atoms with Gasteiger partial charge in [-0.25, -0.2) is 4.79 Å². The second-order valence-electron chi connectivity index (χ2n) is 12.9. The van der Waals surface area contributed by atoms with Gasteiger partial charge in [0.1, 0.15) is 23.0 Å². The smallest absolute Gasteiger partial charge is 0.410 e. The van der Waals surface area contributed by atoms with Gasteiger partial charge < -0.3 is 24.8 Å².